The zero-order chi connectivity index (χ0) is 14.1. The SMILES string of the molecule is CCc1nn(C)c(Cn2ccc(CNC3CC3)c2)c1Cl. The first-order chi connectivity index (χ1) is 9.67. The first-order valence-electron chi connectivity index (χ1n) is 7.25. The maximum absolute atomic E-state index is 6.39. The van der Waals surface area contributed by atoms with Crippen LogP contribution < -0.4 is 5.32 Å². The molecule has 0 amide bonds. The molecule has 0 aliphatic heterocycles. The van der Waals surface area contributed by atoms with Crippen molar-refractivity contribution in [2.75, 3.05) is 0 Å². The number of nitrogens with zero attached hydrogens (tertiary/aromatic N) is 3. The highest BCUT2D eigenvalue weighted by molar-refractivity contribution is 6.31. The van der Waals surface area contributed by atoms with E-state index in [4.69, 9.17) is 11.6 Å². The molecule has 0 atom stereocenters. The summed E-state index contributed by atoms with van der Waals surface area (Å²) in [5.74, 6) is 0. The van der Waals surface area contributed by atoms with Gasteiger partial charge in [-0.3, -0.25) is 4.68 Å². The van der Waals surface area contributed by atoms with Crippen molar-refractivity contribution in [3.63, 3.8) is 0 Å². The van der Waals surface area contributed by atoms with Crippen LogP contribution in [0, 0.1) is 0 Å². The Balaban J connectivity index is 1.69. The first kappa shape index (κ1) is 13.7. The van der Waals surface area contributed by atoms with E-state index in [9.17, 15) is 0 Å². The predicted molar refractivity (Wildman–Crippen MR) is 81.0 cm³/mol. The van der Waals surface area contributed by atoms with Crippen LogP contribution in [0.15, 0.2) is 18.5 Å². The fraction of sp³-hybridized carbons (Fsp3) is 0.533. The second-order valence-electron chi connectivity index (χ2n) is 5.53. The van der Waals surface area contributed by atoms with Gasteiger partial charge in [0.1, 0.15) is 0 Å². The van der Waals surface area contributed by atoms with E-state index in [1.165, 1.54) is 18.4 Å². The van der Waals surface area contributed by atoms with Crippen molar-refractivity contribution >= 4 is 11.6 Å². The van der Waals surface area contributed by atoms with Crippen molar-refractivity contribution in [2.24, 2.45) is 7.05 Å². The Hall–Kier alpha value is -1.26. The molecule has 5 heteroatoms. The summed E-state index contributed by atoms with van der Waals surface area (Å²) in [6.07, 6.45) is 7.81. The molecule has 0 aromatic carbocycles. The number of nitrogens with one attached hydrogen (secondary N) is 1. The van der Waals surface area contributed by atoms with Gasteiger partial charge in [-0.1, -0.05) is 18.5 Å². The smallest absolute Gasteiger partial charge is 0.0868 e. The number of aryl methyl sites for hydroxylation is 2. The summed E-state index contributed by atoms with van der Waals surface area (Å²) >= 11 is 6.39. The second-order valence-corrected chi connectivity index (χ2v) is 5.91. The molecule has 2 aromatic rings. The summed E-state index contributed by atoms with van der Waals surface area (Å²) in [5, 5.41) is 8.79. The monoisotopic (exact) mass is 292 g/mol. The third-order valence-electron chi connectivity index (χ3n) is 3.82. The summed E-state index contributed by atoms with van der Waals surface area (Å²) in [6.45, 7) is 3.80. The van der Waals surface area contributed by atoms with Crippen molar-refractivity contribution in [1.29, 1.82) is 0 Å². The number of hydrogen-bond donors (Lipinski definition) is 1. The molecule has 1 fully saturated rings. The normalized spacial score (nSPS) is 14.9. The van der Waals surface area contributed by atoms with E-state index in [-0.39, 0.29) is 0 Å². The molecule has 4 nitrogen and oxygen atoms in total. The van der Waals surface area contributed by atoms with E-state index in [0.717, 1.165) is 42.0 Å². The van der Waals surface area contributed by atoms with Crippen LogP contribution >= 0.6 is 11.6 Å². The van der Waals surface area contributed by atoms with Gasteiger partial charge in [0.25, 0.3) is 0 Å². The molecule has 1 aliphatic rings. The Morgan fingerprint density at radius 2 is 2.25 bits per heavy atom. The zero-order valence-corrected chi connectivity index (χ0v) is 12.8. The Morgan fingerprint density at radius 3 is 2.90 bits per heavy atom. The molecule has 108 valence electrons. The molecule has 0 unspecified atom stereocenters. The average molecular weight is 293 g/mol. The number of rotatable bonds is 6. The van der Waals surface area contributed by atoms with Crippen molar-refractivity contribution in [1.82, 2.24) is 19.7 Å². The van der Waals surface area contributed by atoms with Gasteiger partial charge in [-0.2, -0.15) is 5.10 Å². The van der Waals surface area contributed by atoms with Gasteiger partial charge >= 0.3 is 0 Å². The Labute approximate surface area is 124 Å². The quantitative estimate of drug-likeness (QED) is 0.888. The minimum absolute atomic E-state index is 0.747. The summed E-state index contributed by atoms with van der Waals surface area (Å²) in [5.41, 5.74) is 3.37. The lowest BCUT2D eigenvalue weighted by atomic mass is 10.3. The Bertz CT molecular complexity index is 595. The molecule has 0 bridgehead atoms. The fourth-order valence-corrected chi connectivity index (χ4v) is 2.76. The number of halogens is 1. The van der Waals surface area contributed by atoms with Gasteiger partial charge in [-0.15, -0.1) is 0 Å². The van der Waals surface area contributed by atoms with Crippen LogP contribution in [0.1, 0.15) is 36.7 Å². The lowest BCUT2D eigenvalue weighted by molar-refractivity contribution is 0.657. The maximum Gasteiger partial charge on any atom is 0.0868 e. The van der Waals surface area contributed by atoms with Crippen molar-refractivity contribution in [3.05, 3.63) is 40.4 Å². The highest BCUT2D eigenvalue weighted by Crippen LogP contribution is 2.22. The largest absolute Gasteiger partial charge is 0.348 e. The standard InChI is InChI=1S/C15H21ClN4/c1-3-13-15(16)14(19(2)18-13)10-20-7-6-11(9-20)8-17-12-4-5-12/h6-7,9,12,17H,3-5,8,10H2,1-2H3. The van der Waals surface area contributed by atoms with Gasteiger partial charge in [0.05, 0.1) is 23.0 Å². The van der Waals surface area contributed by atoms with E-state index in [0.29, 0.717) is 0 Å². The second kappa shape index (κ2) is 5.62. The van der Waals surface area contributed by atoms with Crippen LogP contribution in [0.4, 0.5) is 0 Å². The summed E-state index contributed by atoms with van der Waals surface area (Å²) in [6, 6.07) is 2.91. The Morgan fingerprint density at radius 1 is 1.45 bits per heavy atom. The van der Waals surface area contributed by atoms with Crippen molar-refractivity contribution in [2.45, 2.75) is 45.3 Å². The molecule has 2 heterocycles. The highest BCUT2D eigenvalue weighted by Gasteiger charge is 2.20. The van der Waals surface area contributed by atoms with Crippen LogP contribution in [0.2, 0.25) is 5.02 Å². The van der Waals surface area contributed by atoms with Crippen LogP contribution in [0.25, 0.3) is 0 Å². The van der Waals surface area contributed by atoms with E-state index in [1.807, 2.05) is 11.7 Å². The van der Waals surface area contributed by atoms with E-state index in [2.05, 4.69) is 40.4 Å². The third kappa shape index (κ3) is 2.91. The molecule has 1 N–H and O–H groups in total. The van der Waals surface area contributed by atoms with E-state index < -0.39 is 0 Å². The molecule has 1 saturated carbocycles. The van der Waals surface area contributed by atoms with Crippen LogP contribution in [-0.4, -0.2) is 20.4 Å². The lowest BCUT2D eigenvalue weighted by Gasteiger charge is -2.04. The van der Waals surface area contributed by atoms with E-state index in [1.54, 1.807) is 0 Å². The van der Waals surface area contributed by atoms with Crippen molar-refractivity contribution in [3.8, 4) is 0 Å². The van der Waals surface area contributed by atoms with Crippen molar-refractivity contribution < 1.29 is 0 Å². The molecule has 0 saturated heterocycles. The summed E-state index contributed by atoms with van der Waals surface area (Å²) in [7, 11) is 1.96. The van der Waals surface area contributed by atoms with Gasteiger partial charge in [0.15, 0.2) is 0 Å². The van der Waals surface area contributed by atoms with Gasteiger partial charge < -0.3 is 9.88 Å². The van der Waals surface area contributed by atoms with Gasteiger partial charge in [0.2, 0.25) is 0 Å². The first-order valence-corrected chi connectivity index (χ1v) is 7.63. The van der Waals surface area contributed by atoms with Gasteiger partial charge in [-0.25, -0.2) is 0 Å². The van der Waals surface area contributed by atoms with Gasteiger partial charge in [0, 0.05) is 32.0 Å². The number of hydrogen-bond acceptors (Lipinski definition) is 2. The molecule has 0 spiro atoms. The molecular formula is C15H21ClN4. The summed E-state index contributed by atoms with van der Waals surface area (Å²) < 4.78 is 4.07. The lowest BCUT2D eigenvalue weighted by Crippen LogP contribution is -2.14. The molecule has 3 rings (SSSR count). The maximum atomic E-state index is 6.39. The number of aromatic nitrogens is 3. The molecule has 2 aromatic heterocycles. The molecule has 1 aliphatic carbocycles. The molecule has 20 heavy (non-hydrogen) atoms. The van der Waals surface area contributed by atoms with Crippen LogP contribution in [0.3, 0.4) is 0 Å². The highest BCUT2D eigenvalue weighted by atomic mass is 35.5. The fourth-order valence-electron chi connectivity index (χ4n) is 2.41. The third-order valence-corrected chi connectivity index (χ3v) is 4.26. The van der Waals surface area contributed by atoms with Crippen LogP contribution in [-0.2, 0) is 26.6 Å². The summed E-state index contributed by atoms with van der Waals surface area (Å²) in [4.78, 5) is 0. The van der Waals surface area contributed by atoms with Gasteiger partial charge in [-0.05, 0) is 30.9 Å². The van der Waals surface area contributed by atoms with Crippen LogP contribution in [0.5, 0.6) is 0 Å². The predicted octanol–water partition coefficient (Wildman–Crippen LogP) is 2.74. The molecule has 0 radical (unpaired) electrons. The Kier molecular flexibility index (Phi) is 3.85. The topological polar surface area (TPSA) is 34.8 Å². The molecular weight excluding hydrogens is 272 g/mol. The van der Waals surface area contributed by atoms with E-state index >= 15 is 0 Å². The minimum atomic E-state index is 0.747. The minimum Gasteiger partial charge on any atom is -0.348 e. The average Bonchev–Trinajstić information content (AvgIpc) is 3.11. The zero-order valence-electron chi connectivity index (χ0n) is 12.1.